The van der Waals surface area contributed by atoms with Crippen LogP contribution in [-0.4, -0.2) is 27.3 Å². The molecule has 1 N–H and O–H groups in total. The molecule has 0 aliphatic carbocycles. The van der Waals surface area contributed by atoms with Gasteiger partial charge >= 0.3 is 0 Å². The molecule has 1 amide bonds. The number of thioether (sulfide) groups is 1. The molecule has 1 aromatic heterocycles. The largest absolute Gasteiger partial charge is 0.353 e. The zero-order valence-electron chi connectivity index (χ0n) is 17.4. The van der Waals surface area contributed by atoms with Crippen LogP contribution in [0.15, 0.2) is 52.4 Å². The molecular weight excluding hydrogens is 382 g/mol. The summed E-state index contributed by atoms with van der Waals surface area (Å²) in [6.45, 7) is 8.11. The van der Waals surface area contributed by atoms with Crippen molar-refractivity contribution in [2.75, 3.05) is 5.75 Å². The van der Waals surface area contributed by atoms with Crippen LogP contribution < -0.4 is 10.9 Å². The second-order valence-electron chi connectivity index (χ2n) is 7.39. The third-order valence-corrected chi connectivity index (χ3v) is 5.74. The van der Waals surface area contributed by atoms with Crippen molar-refractivity contribution in [3.05, 3.63) is 63.9 Å². The number of rotatable bonds is 7. The number of amides is 1. The van der Waals surface area contributed by atoms with Crippen LogP contribution in [0.5, 0.6) is 0 Å². The summed E-state index contributed by atoms with van der Waals surface area (Å²) in [6.07, 6.45) is 1.96. The van der Waals surface area contributed by atoms with Crippen molar-refractivity contribution < 1.29 is 4.79 Å². The molecule has 0 saturated carbocycles. The van der Waals surface area contributed by atoms with Gasteiger partial charge in [-0.3, -0.25) is 14.2 Å². The molecule has 3 rings (SSSR count). The molecule has 0 aliphatic heterocycles. The molecule has 5 nitrogen and oxygen atoms in total. The monoisotopic (exact) mass is 409 g/mol. The Labute approximate surface area is 175 Å². The molecule has 29 heavy (non-hydrogen) atoms. The van der Waals surface area contributed by atoms with Gasteiger partial charge in [0.1, 0.15) is 0 Å². The van der Waals surface area contributed by atoms with E-state index in [-0.39, 0.29) is 23.3 Å². The molecular formula is C23H27N3O2S. The number of aryl methyl sites for hydroxylation is 2. The van der Waals surface area contributed by atoms with Crippen LogP contribution in [0.3, 0.4) is 0 Å². The fourth-order valence-electron chi connectivity index (χ4n) is 3.43. The molecule has 6 heteroatoms. The number of carbonyl (C=O) groups excluding carboxylic acids is 1. The minimum absolute atomic E-state index is 0.0504. The molecule has 0 bridgehead atoms. The van der Waals surface area contributed by atoms with Gasteiger partial charge in [0.2, 0.25) is 5.91 Å². The SMILES string of the molecule is CCCC(C)NC(=O)CSc1nc2ccccc2c(=O)n1-c1ccc(C)cc1C. The van der Waals surface area contributed by atoms with Gasteiger partial charge in [-0.2, -0.15) is 0 Å². The first-order chi connectivity index (χ1) is 13.9. The van der Waals surface area contributed by atoms with Gasteiger partial charge in [-0.05, 0) is 51.0 Å². The van der Waals surface area contributed by atoms with Crippen molar-refractivity contribution in [2.24, 2.45) is 0 Å². The zero-order valence-corrected chi connectivity index (χ0v) is 18.2. The number of hydrogen-bond acceptors (Lipinski definition) is 4. The molecule has 0 spiro atoms. The fraction of sp³-hybridized carbons (Fsp3) is 0.348. The molecule has 1 unspecified atom stereocenters. The van der Waals surface area contributed by atoms with E-state index in [1.807, 2.05) is 57.2 Å². The van der Waals surface area contributed by atoms with Crippen LogP contribution in [0.1, 0.15) is 37.8 Å². The van der Waals surface area contributed by atoms with Crippen LogP contribution in [0.2, 0.25) is 0 Å². The van der Waals surface area contributed by atoms with Gasteiger partial charge < -0.3 is 5.32 Å². The molecule has 3 aromatic rings. The fourth-order valence-corrected chi connectivity index (χ4v) is 4.25. The quantitative estimate of drug-likeness (QED) is 0.464. The predicted octanol–water partition coefficient (Wildman–Crippen LogP) is 4.40. The van der Waals surface area contributed by atoms with E-state index < -0.39 is 0 Å². The predicted molar refractivity (Wildman–Crippen MR) is 120 cm³/mol. The normalized spacial score (nSPS) is 12.1. The minimum Gasteiger partial charge on any atom is -0.353 e. The van der Waals surface area contributed by atoms with Crippen molar-refractivity contribution in [3.63, 3.8) is 0 Å². The van der Waals surface area contributed by atoms with E-state index in [2.05, 4.69) is 12.2 Å². The first-order valence-electron chi connectivity index (χ1n) is 9.92. The lowest BCUT2D eigenvalue weighted by atomic mass is 10.1. The highest BCUT2D eigenvalue weighted by Gasteiger charge is 2.16. The maximum absolute atomic E-state index is 13.3. The number of carbonyl (C=O) groups is 1. The first-order valence-corrected chi connectivity index (χ1v) is 10.9. The second-order valence-corrected chi connectivity index (χ2v) is 8.33. The van der Waals surface area contributed by atoms with Gasteiger partial charge in [-0.25, -0.2) is 4.98 Å². The summed E-state index contributed by atoms with van der Waals surface area (Å²) < 4.78 is 1.63. The summed E-state index contributed by atoms with van der Waals surface area (Å²) >= 11 is 1.29. The van der Waals surface area contributed by atoms with E-state index in [9.17, 15) is 9.59 Å². The van der Waals surface area contributed by atoms with Crippen molar-refractivity contribution in [2.45, 2.75) is 51.7 Å². The standard InChI is InChI=1S/C23H27N3O2S/c1-5-8-17(4)24-21(27)14-29-23-25-19-10-7-6-9-18(19)22(28)26(23)20-12-11-15(2)13-16(20)3/h6-7,9-13,17H,5,8,14H2,1-4H3,(H,24,27). The lowest BCUT2D eigenvalue weighted by Crippen LogP contribution is -2.34. The number of benzene rings is 2. The molecule has 0 aliphatic rings. The zero-order chi connectivity index (χ0) is 21.0. The van der Waals surface area contributed by atoms with E-state index in [0.717, 1.165) is 29.7 Å². The molecule has 2 aromatic carbocycles. The molecule has 152 valence electrons. The van der Waals surface area contributed by atoms with Crippen molar-refractivity contribution >= 4 is 28.6 Å². The van der Waals surface area contributed by atoms with Gasteiger partial charge in [-0.1, -0.05) is 54.9 Å². The van der Waals surface area contributed by atoms with Gasteiger partial charge in [-0.15, -0.1) is 0 Å². The Bertz CT molecular complexity index is 1090. The minimum atomic E-state index is -0.121. The van der Waals surface area contributed by atoms with E-state index in [0.29, 0.717) is 16.1 Å². The third-order valence-electron chi connectivity index (χ3n) is 4.80. The number of aromatic nitrogens is 2. The summed E-state index contributed by atoms with van der Waals surface area (Å²) in [5, 5.41) is 4.10. The summed E-state index contributed by atoms with van der Waals surface area (Å²) in [4.78, 5) is 30.4. The number of nitrogens with one attached hydrogen (secondary N) is 1. The van der Waals surface area contributed by atoms with Gasteiger partial charge in [0, 0.05) is 6.04 Å². The summed E-state index contributed by atoms with van der Waals surface area (Å²) in [5.41, 5.74) is 3.44. The average molecular weight is 410 g/mol. The Morgan fingerprint density at radius 3 is 2.69 bits per heavy atom. The van der Waals surface area contributed by atoms with Crippen LogP contribution >= 0.6 is 11.8 Å². The number of fused-ring (bicyclic) bond motifs is 1. The topological polar surface area (TPSA) is 64.0 Å². The van der Waals surface area contributed by atoms with Crippen LogP contribution in [0, 0.1) is 13.8 Å². The highest BCUT2D eigenvalue weighted by atomic mass is 32.2. The van der Waals surface area contributed by atoms with Crippen molar-refractivity contribution in [3.8, 4) is 5.69 Å². The lowest BCUT2D eigenvalue weighted by molar-refractivity contribution is -0.119. The van der Waals surface area contributed by atoms with Crippen LogP contribution in [0.25, 0.3) is 16.6 Å². The highest BCUT2D eigenvalue weighted by molar-refractivity contribution is 7.99. The van der Waals surface area contributed by atoms with Gasteiger partial charge in [0.05, 0.1) is 22.3 Å². The Kier molecular flexibility index (Phi) is 6.75. The average Bonchev–Trinajstić information content (AvgIpc) is 2.67. The smallest absolute Gasteiger partial charge is 0.266 e. The Balaban J connectivity index is 2.01. The first kappa shape index (κ1) is 21.1. The molecule has 0 saturated heterocycles. The summed E-state index contributed by atoms with van der Waals surface area (Å²) in [5.74, 6) is 0.162. The second kappa shape index (κ2) is 9.27. The van der Waals surface area contributed by atoms with Crippen LogP contribution in [-0.2, 0) is 4.79 Å². The van der Waals surface area contributed by atoms with E-state index in [1.165, 1.54) is 11.8 Å². The number of hydrogen-bond donors (Lipinski definition) is 1. The third kappa shape index (κ3) is 4.88. The molecule has 0 radical (unpaired) electrons. The molecule has 0 fully saturated rings. The van der Waals surface area contributed by atoms with Crippen molar-refractivity contribution in [1.29, 1.82) is 0 Å². The van der Waals surface area contributed by atoms with Crippen LogP contribution in [0.4, 0.5) is 0 Å². The van der Waals surface area contributed by atoms with E-state index in [4.69, 9.17) is 4.98 Å². The van der Waals surface area contributed by atoms with Crippen molar-refractivity contribution in [1.82, 2.24) is 14.9 Å². The Morgan fingerprint density at radius 2 is 1.97 bits per heavy atom. The Morgan fingerprint density at radius 1 is 1.21 bits per heavy atom. The maximum Gasteiger partial charge on any atom is 0.266 e. The lowest BCUT2D eigenvalue weighted by Gasteiger charge is -2.16. The molecule has 1 heterocycles. The summed E-state index contributed by atoms with van der Waals surface area (Å²) in [7, 11) is 0. The highest BCUT2D eigenvalue weighted by Crippen LogP contribution is 2.23. The van der Waals surface area contributed by atoms with E-state index >= 15 is 0 Å². The Hall–Kier alpha value is -2.60. The van der Waals surface area contributed by atoms with E-state index in [1.54, 1.807) is 10.6 Å². The maximum atomic E-state index is 13.3. The number of para-hydroxylation sites is 1. The summed E-state index contributed by atoms with van der Waals surface area (Å²) in [6, 6.07) is 13.4. The van der Waals surface area contributed by atoms with Gasteiger partial charge in [0.25, 0.3) is 5.56 Å². The number of nitrogens with zero attached hydrogens (tertiary/aromatic N) is 2. The van der Waals surface area contributed by atoms with Gasteiger partial charge in [0.15, 0.2) is 5.16 Å². The molecule has 1 atom stereocenters.